The first-order valence-corrected chi connectivity index (χ1v) is 4.68. The van der Waals surface area contributed by atoms with Crippen molar-refractivity contribution in [2.45, 2.75) is 38.4 Å². The van der Waals surface area contributed by atoms with Gasteiger partial charge in [0.2, 0.25) is 0 Å². The van der Waals surface area contributed by atoms with Crippen LogP contribution in [-0.2, 0) is 9.53 Å². The summed E-state index contributed by atoms with van der Waals surface area (Å²) < 4.78 is 4.91. The third-order valence-electron chi connectivity index (χ3n) is 1.82. The van der Waals surface area contributed by atoms with Crippen LogP contribution in [-0.4, -0.2) is 35.0 Å². The normalized spacial score (nSPS) is 14.5. The molecule has 0 saturated carbocycles. The van der Waals surface area contributed by atoms with Crippen molar-refractivity contribution in [3.63, 3.8) is 0 Å². The topological polar surface area (TPSA) is 66.8 Å². The Labute approximate surface area is 84.2 Å². The zero-order chi connectivity index (χ0) is 11.0. The highest BCUT2D eigenvalue weighted by Gasteiger charge is 2.08. The van der Waals surface area contributed by atoms with Crippen LogP contribution in [0.2, 0.25) is 0 Å². The summed E-state index contributed by atoms with van der Waals surface area (Å²) in [7, 11) is 0. The molecule has 0 aromatic heterocycles. The predicted octanol–water partition coefficient (Wildman–Crippen LogP) is 0.628. The average molecular weight is 202 g/mol. The molecule has 0 aliphatic carbocycles. The summed E-state index contributed by atoms with van der Waals surface area (Å²) in [4.78, 5) is 10.6. The number of carbonyl (C=O) groups is 1. The maximum absolute atomic E-state index is 10.6. The van der Waals surface area contributed by atoms with Gasteiger partial charge in [0.15, 0.2) is 0 Å². The van der Waals surface area contributed by atoms with E-state index in [1.807, 2.05) is 0 Å². The van der Waals surface area contributed by atoms with E-state index in [4.69, 9.17) is 14.9 Å². The maximum atomic E-state index is 10.6. The van der Waals surface area contributed by atoms with Crippen LogP contribution in [0.15, 0.2) is 12.7 Å². The lowest BCUT2D eigenvalue weighted by Gasteiger charge is -2.13. The zero-order valence-corrected chi connectivity index (χ0v) is 8.48. The van der Waals surface area contributed by atoms with Gasteiger partial charge in [0.25, 0.3) is 0 Å². The first-order chi connectivity index (χ1) is 6.60. The van der Waals surface area contributed by atoms with E-state index in [0.29, 0.717) is 19.3 Å². The quantitative estimate of drug-likeness (QED) is 0.469. The third kappa shape index (κ3) is 6.62. The molecule has 4 nitrogen and oxygen atoms in total. The van der Waals surface area contributed by atoms with Gasteiger partial charge in [-0.3, -0.25) is 4.79 Å². The Hall–Kier alpha value is -0.870. The Kier molecular flexibility index (Phi) is 7.06. The molecule has 0 bridgehead atoms. The Bertz CT molecular complexity index is 179. The number of aliphatic hydroxyl groups is 2. The Morgan fingerprint density at radius 2 is 2.21 bits per heavy atom. The highest BCUT2D eigenvalue weighted by Crippen LogP contribution is 2.08. The van der Waals surface area contributed by atoms with Gasteiger partial charge >= 0.3 is 5.97 Å². The fourth-order valence-electron chi connectivity index (χ4n) is 1.08. The van der Waals surface area contributed by atoms with Crippen LogP contribution in [0, 0.1) is 0 Å². The molecule has 0 aromatic rings. The van der Waals surface area contributed by atoms with Crippen molar-refractivity contribution in [2.24, 2.45) is 0 Å². The molecule has 0 aromatic carbocycles. The first kappa shape index (κ1) is 13.1. The van der Waals surface area contributed by atoms with Gasteiger partial charge in [-0.05, 0) is 19.3 Å². The molecule has 2 unspecified atom stereocenters. The largest absolute Gasteiger partial charge is 0.458 e. The molecule has 14 heavy (non-hydrogen) atoms. The average Bonchev–Trinajstić information content (AvgIpc) is 2.15. The molecule has 0 aliphatic rings. The zero-order valence-electron chi connectivity index (χ0n) is 8.48. The predicted molar refractivity (Wildman–Crippen MR) is 52.7 cm³/mol. The summed E-state index contributed by atoms with van der Waals surface area (Å²) in [6.45, 7) is 4.66. The first-order valence-electron chi connectivity index (χ1n) is 4.68. The van der Waals surface area contributed by atoms with E-state index in [0.717, 1.165) is 0 Å². The van der Waals surface area contributed by atoms with Crippen molar-refractivity contribution < 1.29 is 19.7 Å². The van der Waals surface area contributed by atoms with E-state index in [2.05, 4.69) is 6.58 Å². The summed E-state index contributed by atoms with van der Waals surface area (Å²) in [6, 6.07) is 0. The number of hydrogen-bond donors (Lipinski definition) is 2. The van der Waals surface area contributed by atoms with Gasteiger partial charge in [-0.15, -0.1) is 0 Å². The number of aliphatic hydroxyl groups excluding tert-OH is 2. The van der Waals surface area contributed by atoms with E-state index in [9.17, 15) is 4.79 Å². The molecule has 0 heterocycles. The lowest BCUT2D eigenvalue weighted by atomic mass is 10.1. The summed E-state index contributed by atoms with van der Waals surface area (Å²) in [5.74, 6) is -0.336. The van der Waals surface area contributed by atoms with Gasteiger partial charge in [-0.1, -0.05) is 12.7 Å². The van der Waals surface area contributed by atoms with Crippen molar-refractivity contribution in [2.75, 3.05) is 6.61 Å². The molecule has 2 atom stereocenters. The van der Waals surface area contributed by atoms with Gasteiger partial charge in [-0.2, -0.15) is 0 Å². The molecular weight excluding hydrogens is 184 g/mol. The minimum atomic E-state index is -0.683. The van der Waals surface area contributed by atoms with Crippen LogP contribution < -0.4 is 0 Å². The lowest BCUT2D eigenvalue weighted by molar-refractivity contribution is -0.144. The Balaban J connectivity index is 3.62. The highest BCUT2D eigenvalue weighted by atomic mass is 16.5. The van der Waals surface area contributed by atoms with E-state index < -0.39 is 6.10 Å². The number of esters is 1. The van der Waals surface area contributed by atoms with Crippen LogP contribution >= 0.6 is 0 Å². The Morgan fingerprint density at radius 1 is 1.57 bits per heavy atom. The van der Waals surface area contributed by atoms with Gasteiger partial charge < -0.3 is 14.9 Å². The third-order valence-corrected chi connectivity index (χ3v) is 1.82. The van der Waals surface area contributed by atoms with Crippen LogP contribution in [0.3, 0.4) is 0 Å². The molecule has 0 saturated heterocycles. The second-order valence-electron chi connectivity index (χ2n) is 3.15. The van der Waals surface area contributed by atoms with Gasteiger partial charge in [0.05, 0.1) is 12.7 Å². The number of carbonyl (C=O) groups excluding carboxylic acids is 1. The fourth-order valence-corrected chi connectivity index (χ4v) is 1.08. The number of rotatable bonds is 7. The Morgan fingerprint density at radius 3 is 2.64 bits per heavy atom. The molecular formula is C10H18O4. The molecule has 82 valence electrons. The molecule has 0 spiro atoms. The van der Waals surface area contributed by atoms with Gasteiger partial charge in [0, 0.05) is 6.92 Å². The molecule has 0 amide bonds. The lowest BCUT2D eigenvalue weighted by Crippen LogP contribution is -2.16. The molecule has 2 N–H and O–H groups in total. The molecule has 0 rings (SSSR count). The van der Waals surface area contributed by atoms with E-state index in [-0.39, 0.29) is 18.7 Å². The number of hydrogen-bond acceptors (Lipinski definition) is 4. The van der Waals surface area contributed by atoms with Crippen molar-refractivity contribution in [3.8, 4) is 0 Å². The summed E-state index contributed by atoms with van der Waals surface area (Å²) in [5, 5.41) is 17.6. The number of ether oxygens (including phenoxy) is 1. The van der Waals surface area contributed by atoms with Crippen LogP contribution in [0.4, 0.5) is 0 Å². The van der Waals surface area contributed by atoms with Crippen molar-refractivity contribution >= 4 is 5.97 Å². The van der Waals surface area contributed by atoms with Crippen molar-refractivity contribution in [1.29, 1.82) is 0 Å². The van der Waals surface area contributed by atoms with E-state index in [1.54, 1.807) is 6.08 Å². The molecule has 0 aliphatic heterocycles. The fraction of sp³-hybridized carbons (Fsp3) is 0.700. The maximum Gasteiger partial charge on any atom is 0.303 e. The smallest absolute Gasteiger partial charge is 0.303 e. The van der Waals surface area contributed by atoms with E-state index in [1.165, 1.54) is 6.92 Å². The molecule has 0 fully saturated rings. The van der Waals surface area contributed by atoms with Crippen LogP contribution in [0.25, 0.3) is 0 Å². The van der Waals surface area contributed by atoms with E-state index >= 15 is 0 Å². The summed E-state index contributed by atoms with van der Waals surface area (Å²) in [6.07, 6.45) is 2.40. The minimum Gasteiger partial charge on any atom is -0.458 e. The van der Waals surface area contributed by atoms with Crippen LogP contribution in [0.5, 0.6) is 0 Å². The molecule has 0 radical (unpaired) electrons. The van der Waals surface area contributed by atoms with Crippen molar-refractivity contribution in [1.82, 2.24) is 0 Å². The SMILES string of the molecule is C=CC(CCCC(O)CO)OC(C)=O. The monoisotopic (exact) mass is 202 g/mol. The highest BCUT2D eigenvalue weighted by molar-refractivity contribution is 5.66. The van der Waals surface area contributed by atoms with Crippen LogP contribution in [0.1, 0.15) is 26.2 Å². The molecule has 4 heteroatoms. The standard InChI is InChI=1S/C10H18O4/c1-3-10(14-8(2)12)6-4-5-9(13)7-11/h3,9-11,13H,1,4-7H2,2H3. The summed E-state index contributed by atoms with van der Waals surface area (Å²) in [5.41, 5.74) is 0. The second-order valence-corrected chi connectivity index (χ2v) is 3.15. The minimum absolute atomic E-state index is 0.230. The van der Waals surface area contributed by atoms with Gasteiger partial charge in [0.1, 0.15) is 6.10 Å². The summed E-state index contributed by atoms with van der Waals surface area (Å²) >= 11 is 0. The van der Waals surface area contributed by atoms with Crippen molar-refractivity contribution in [3.05, 3.63) is 12.7 Å². The van der Waals surface area contributed by atoms with Gasteiger partial charge in [-0.25, -0.2) is 0 Å². The second kappa shape index (κ2) is 7.53.